The summed E-state index contributed by atoms with van der Waals surface area (Å²) in [5, 5.41) is 0. The monoisotopic (exact) mass is 362 g/mol. The van der Waals surface area contributed by atoms with Gasteiger partial charge < -0.3 is 10.5 Å². The lowest BCUT2D eigenvalue weighted by molar-refractivity contribution is 0.102. The lowest BCUT2D eigenvalue weighted by Gasteiger charge is -2.26. The van der Waals surface area contributed by atoms with Crippen LogP contribution in [0.1, 0.15) is 18.9 Å². The van der Waals surface area contributed by atoms with Crippen molar-refractivity contribution in [2.24, 2.45) is 0 Å². The number of anilines is 1. The molecule has 0 aromatic heterocycles. The summed E-state index contributed by atoms with van der Waals surface area (Å²) in [5.74, 6) is 0. The number of nitrogens with zero attached hydrogens (tertiary/aromatic N) is 1. The molecule has 1 aliphatic heterocycles. The summed E-state index contributed by atoms with van der Waals surface area (Å²) in [7, 11) is -1.97. The van der Waals surface area contributed by atoms with Crippen molar-refractivity contribution in [3.8, 4) is 0 Å². The van der Waals surface area contributed by atoms with Gasteiger partial charge in [-0.1, -0.05) is 0 Å². The van der Waals surface area contributed by atoms with Gasteiger partial charge in [0, 0.05) is 23.8 Å². The standard InChI is InChI=1S/C13H19BrN2O3S/c1-8-6-10(14)11(15)7-13(8)20(17,18)16(3)12-4-5-19-9(12)2/h6-7,9,12H,4-5,15H2,1-3H3. The van der Waals surface area contributed by atoms with Crippen molar-refractivity contribution >= 4 is 31.6 Å². The Morgan fingerprint density at radius 1 is 1.45 bits per heavy atom. The molecule has 20 heavy (non-hydrogen) atoms. The van der Waals surface area contributed by atoms with E-state index in [1.165, 1.54) is 10.4 Å². The van der Waals surface area contributed by atoms with Crippen LogP contribution in [0.25, 0.3) is 0 Å². The largest absolute Gasteiger partial charge is 0.398 e. The number of aryl methyl sites for hydroxylation is 1. The molecule has 0 bridgehead atoms. The van der Waals surface area contributed by atoms with E-state index in [4.69, 9.17) is 10.5 Å². The fraction of sp³-hybridized carbons (Fsp3) is 0.538. The molecule has 0 aliphatic carbocycles. The maximum atomic E-state index is 12.7. The van der Waals surface area contributed by atoms with Gasteiger partial charge in [-0.15, -0.1) is 0 Å². The smallest absolute Gasteiger partial charge is 0.243 e. The number of rotatable bonds is 3. The summed E-state index contributed by atoms with van der Waals surface area (Å²) in [5.41, 5.74) is 6.90. The van der Waals surface area contributed by atoms with E-state index in [0.717, 1.165) is 0 Å². The van der Waals surface area contributed by atoms with Crippen molar-refractivity contribution in [2.75, 3.05) is 19.4 Å². The van der Waals surface area contributed by atoms with Gasteiger partial charge in [-0.05, 0) is 53.9 Å². The van der Waals surface area contributed by atoms with Gasteiger partial charge in [-0.25, -0.2) is 8.42 Å². The van der Waals surface area contributed by atoms with Crippen molar-refractivity contribution in [3.05, 3.63) is 22.2 Å². The Bertz CT molecular complexity index is 618. The van der Waals surface area contributed by atoms with E-state index in [1.807, 2.05) is 6.92 Å². The maximum absolute atomic E-state index is 12.7. The number of sulfonamides is 1. The number of benzene rings is 1. The third-order valence-corrected chi connectivity index (χ3v) is 6.47. The minimum absolute atomic E-state index is 0.0946. The first-order valence-corrected chi connectivity index (χ1v) is 8.63. The van der Waals surface area contributed by atoms with E-state index in [2.05, 4.69) is 15.9 Å². The van der Waals surface area contributed by atoms with Gasteiger partial charge in [0.25, 0.3) is 0 Å². The van der Waals surface area contributed by atoms with Crippen LogP contribution < -0.4 is 5.73 Å². The molecule has 0 spiro atoms. The Morgan fingerprint density at radius 3 is 2.65 bits per heavy atom. The molecule has 5 nitrogen and oxygen atoms in total. The Labute approximate surface area is 128 Å². The number of ether oxygens (including phenoxy) is 1. The average Bonchev–Trinajstić information content (AvgIpc) is 2.78. The molecule has 2 atom stereocenters. The van der Waals surface area contributed by atoms with Crippen LogP contribution >= 0.6 is 15.9 Å². The molecule has 1 heterocycles. The van der Waals surface area contributed by atoms with Crippen LogP contribution in [0.5, 0.6) is 0 Å². The summed E-state index contributed by atoms with van der Waals surface area (Å²) < 4.78 is 33.1. The molecule has 0 amide bonds. The summed E-state index contributed by atoms with van der Waals surface area (Å²) >= 11 is 3.31. The van der Waals surface area contributed by atoms with E-state index in [-0.39, 0.29) is 17.0 Å². The number of halogens is 1. The van der Waals surface area contributed by atoms with Gasteiger partial charge in [0.15, 0.2) is 0 Å². The van der Waals surface area contributed by atoms with Crippen LogP contribution in [0.15, 0.2) is 21.5 Å². The maximum Gasteiger partial charge on any atom is 0.243 e. The molecule has 2 N–H and O–H groups in total. The molecule has 1 aliphatic rings. The van der Waals surface area contributed by atoms with Crippen LogP contribution in [-0.4, -0.2) is 38.5 Å². The summed E-state index contributed by atoms with van der Waals surface area (Å²) in [4.78, 5) is 0.250. The van der Waals surface area contributed by atoms with E-state index < -0.39 is 10.0 Å². The molecule has 1 aromatic carbocycles. The van der Waals surface area contributed by atoms with Crippen LogP contribution in [0, 0.1) is 6.92 Å². The molecule has 2 unspecified atom stereocenters. The van der Waals surface area contributed by atoms with Gasteiger partial charge >= 0.3 is 0 Å². The summed E-state index contributed by atoms with van der Waals surface area (Å²) in [6, 6.07) is 3.10. The Morgan fingerprint density at radius 2 is 2.10 bits per heavy atom. The minimum atomic E-state index is -3.57. The highest BCUT2D eigenvalue weighted by atomic mass is 79.9. The van der Waals surface area contributed by atoms with Crippen LogP contribution in [0.4, 0.5) is 5.69 Å². The zero-order valence-corrected chi connectivity index (χ0v) is 14.2. The third-order valence-electron chi connectivity index (χ3n) is 3.75. The molecule has 0 radical (unpaired) electrons. The Kier molecular flexibility index (Phi) is 4.44. The normalized spacial score (nSPS) is 23.4. The Hall–Kier alpha value is -0.630. The second kappa shape index (κ2) is 5.63. The summed E-state index contributed by atoms with van der Waals surface area (Å²) in [6.45, 7) is 4.25. The summed E-state index contributed by atoms with van der Waals surface area (Å²) in [6.07, 6.45) is 0.616. The second-order valence-electron chi connectivity index (χ2n) is 5.09. The zero-order chi connectivity index (χ0) is 15.1. The van der Waals surface area contributed by atoms with E-state index in [0.29, 0.717) is 28.8 Å². The number of nitrogens with two attached hydrogens (primary N) is 1. The molecule has 1 fully saturated rings. The van der Waals surface area contributed by atoms with Crippen LogP contribution in [0.3, 0.4) is 0 Å². The van der Waals surface area contributed by atoms with Crippen molar-refractivity contribution < 1.29 is 13.2 Å². The molecule has 1 saturated heterocycles. The first kappa shape index (κ1) is 15.8. The van der Waals surface area contributed by atoms with Gasteiger partial charge in [0.05, 0.1) is 17.0 Å². The molecular formula is C13H19BrN2O3S. The van der Waals surface area contributed by atoms with Crippen molar-refractivity contribution in [2.45, 2.75) is 37.3 Å². The van der Waals surface area contributed by atoms with Crippen LogP contribution in [-0.2, 0) is 14.8 Å². The Balaban J connectivity index is 2.42. The number of hydrogen-bond donors (Lipinski definition) is 1. The average molecular weight is 363 g/mol. The second-order valence-corrected chi connectivity index (χ2v) is 7.91. The van der Waals surface area contributed by atoms with Gasteiger partial charge in [-0.2, -0.15) is 4.31 Å². The number of likely N-dealkylation sites (N-methyl/N-ethyl adjacent to an activating group) is 1. The first-order valence-electron chi connectivity index (χ1n) is 6.40. The highest BCUT2D eigenvalue weighted by Crippen LogP contribution is 2.30. The SMILES string of the molecule is Cc1cc(Br)c(N)cc1S(=O)(=O)N(C)C1CCOC1C. The molecule has 7 heteroatoms. The van der Waals surface area contributed by atoms with Crippen molar-refractivity contribution in [3.63, 3.8) is 0 Å². The van der Waals surface area contributed by atoms with Crippen molar-refractivity contribution in [1.82, 2.24) is 4.31 Å². The highest BCUT2D eigenvalue weighted by Gasteiger charge is 2.36. The third kappa shape index (κ3) is 2.72. The van der Waals surface area contributed by atoms with Gasteiger partial charge in [0.2, 0.25) is 10.0 Å². The lowest BCUT2D eigenvalue weighted by atomic mass is 10.2. The fourth-order valence-corrected chi connectivity index (χ4v) is 4.62. The fourth-order valence-electron chi connectivity index (χ4n) is 2.48. The van der Waals surface area contributed by atoms with Gasteiger partial charge in [-0.3, -0.25) is 0 Å². The van der Waals surface area contributed by atoms with E-state index >= 15 is 0 Å². The zero-order valence-electron chi connectivity index (χ0n) is 11.8. The molecule has 2 rings (SSSR count). The quantitative estimate of drug-likeness (QED) is 0.836. The molecular weight excluding hydrogens is 344 g/mol. The van der Waals surface area contributed by atoms with Gasteiger partial charge in [0.1, 0.15) is 0 Å². The predicted molar refractivity (Wildman–Crippen MR) is 82.1 cm³/mol. The topological polar surface area (TPSA) is 72.6 Å². The molecule has 0 saturated carbocycles. The van der Waals surface area contributed by atoms with Crippen LogP contribution in [0.2, 0.25) is 0 Å². The first-order chi connectivity index (χ1) is 9.25. The number of hydrogen-bond acceptors (Lipinski definition) is 4. The van der Waals surface area contributed by atoms with E-state index in [1.54, 1.807) is 20.0 Å². The highest BCUT2D eigenvalue weighted by molar-refractivity contribution is 9.10. The number of nitrogen functional groups attached to an aromatic ring is 1. The van der Waals surface area contributed by atoms with Crippen molar-refractivity contribution in [1.29, 1.82) is 0 Å². The predicted octanol–water partition coefficient (Wildman–Crippen LogP) is 2.14. The van der Waals surface area contributed by atoms with E-state index in [9.17, 15) is 8.42 Å². The molecule has 112 valence electrons. The molecule has 1 aromatic rings. The minimum Gasteiger partial charge on any atom is -0.398 e. The lowest BCUT2D eigenvalue weighted by Crippen LogP contribution is -2.41.